The van der Waals surface area contributed by atoms with Gasteiger partial charge in [-0.2, -0.15) is 5.10 Å². The maximum atomic E-state index is 5.10. The van der Waals surface area contributed by atoms with E-state index in [9.17, 15) is 0 Å². The molecule has 1 aliphatic heterocycles. The Kier molecular flexibility index (Phi) is 1.24. The summed E-state index contributed by atoms with van der Waals surface area (Å²) in [5, 5.41) is 4.13. The van der Waals surface area contributed by atoms with Gasteiger partial charge < -0.3 is 4.74 Å². The summed E-state index contributed by atoms with van der Waals surface area (Å²) in [6, 6.07) is 0. The fourth-order valence-electron chi connectivity index (χ4n) is 0.959. The van der Waals surface area contributed by atoms with Gasteiger partial charge in [0.2, 0.25) is 0 Å². The fourth-order valence-corrected chi connectivity index (χ4v) is 0.959. The molecule has 1 fully saturated rings. The SMILES string of the molecule is CCn1cc([C@@H]2CO2)cn1. The van der Waals surface area contributed by atoms with E-state index in [0.717, 1.165) is 13.2 Å². The third-order valence-corrected chi connectivity index (χ3v) is 1.68. The van der Waals surface area contributed by atoms with E-state index in [2.05, 4.69) is 12.0 Å². The van der Waals surface area contributed by atoms with E-state index in [1.165, 1.54) is 5.56 Å². The lowest BCUT2D eigenvalue weighted by molar-refractivity contribution is 0.415. The first-order valence-corrected chi connectivity index (χ1v) is 3.54. The first-order chi connectivity index (χ1) is 4.90. The van der Waals surface area contributed by atoms with Crippen LogP contribution in [0.2, 0.25) is 0 Å². The Morgan fingerprint density at radius 2 is 2.70 bits per heavy atom. The number of nitrogens with zero attached hydrogens (tertiary/aromatic N) is 2. The molecule has 0 aliphatic carbocycles. The molecule has 2 rings (SSSR count). The van der Waals surface area contributed by atoms with Gasteiger partial charge in [-0.1, -0.05) is 0 Å². The van der Waals surface area contributed by atoms with Gasteiger partial charge in [-0.3, -0.25) is 4.68 Å². The van der Waals surface area contributed by atoms with Crippen molar-refractivity contribution in [3.63, 3.8) is 0 Å². The fraction of sp³-hybridized carbons (Fsp3) is 0.571. The summed E-state index contributed by atoms with van der Waals surface area (Å²) in [6.45, 7) is 3.88. The average molecular weight is 138 g/mol. The minimum atomic E-state index is 0.347. The van der Waals surface area contributed by atoms with E-state index in [-0.39, 0.29) is 0 Å². The minimum Gasteiger partial charge on any atom is -0.368 e. The van der Waals surface area contributed by atoms with E-state index in [1.807, 2.05) is 17.1 Å². The maximum Gasteiger partial charge on any atom is 0.109 e. The molecule has 0 amide bonds. The van der Waals surface area contributed by atoms with Gasteiger partial charge in [0.25, 0.3) is 0 Å². The second kappa shape index (κ2) is 2.09. The Bertz CT molecular complexity index is 227. The Labute approximate surface area is 59.6 Å². The van der Waals surface area contributed by atoms with Crippen LogP contribution >= 0.6 is 0 Å². The highest BCUT2D eigenvalue weighted by atomic mass is 16.6. The highest BCUT2D eigenvalue weighted by Gasteiger charge is 2.25. The lowest BCUT2D eigenvalue weighted by Crippen LogP contribution is -1.92. The van der Waals surface area contributed by atoms with Gasteiger partial charge >= 0.3 is 0 Å². The van der Waals surface area contributed by atoms with Gasteiger partial charge in [0, 0.05) is 18.3 Å². The van der Waals surface area contributed by atoms with E-state index in [1.54, 1.807) is 0 Å². The highest BCUT2D eigenvalue weighted by molar-refractivity contribution is 5.11. The number of ether oxygens (including phenoxy) is 1. The second-order valence-electron chi connectivity index (χ2n) is 2.45. The molecular formula is C7H10N2O. The summed E-state index contributed by atoms with van der Waals surface area (Å²) in [5.41, 5.74) is 1.21. The Morgan fingerprint density at radius 1 is 1.90 bits per heavy atom. The molecule has 1 aromatic heterocycles. The lowest BCUT2D eigenvalue weighted by Gasteiger charge is -1.89. The van der Waals surface area contributed by atoms with Gasteiger partial charge in [-0.05, 0) is 6.92 Å². The summed E-state index contributed by atoms with van der Waals surface area (Å²) in [4.78, 5) is 0. The molecule has 2 heterocycles. The summed E-state index contributed by atoms with van der Waals surface area (Å²) in [6.07, 6.45) is 4.26. The smallest absolute Gasteiger partial charge is 0.109 e. The van der Waals surface area contributed by atoms with Crippen LogP contribution in [-0.2, 0) is 11.3 Å². The van der Waals surface area contributed by atoms with Crippen LogP contribution in [-0.4, -0.2) is 16.4 Å². The van der Waals surface area contributed by atoms with Gasteiger partial charge in [0.1, 0.15) is 6.10 Å². The van der Waals surface area contributed by atoms with Crippen molar-refractivity contribution in [3.05, 3.63) is 18.0 Å². The van der Waals surface area contributed by atoms with E-state index < -0.39 is 0 Å². The number of hydrogen-bond donors (Lipinski definition) is 0. The van der Waals surface area contributed by atoms with Crippen LogP contribution in [0.25, 0.3) is 0 Å². The summed E-state index contributed by atoms with van der Waals surface area (Å²) in [7, 11) is 0. The van der Waals surface area contributed by atoms with Crippen molar-refractivity contribution in [2.24, 2.45) is 0 Å². The van der Waals surface area contributed by atoms with Crippen LogP contribution in [0, 0.1) is 0 Å². The molecule has 0 saturated carbocycles. The quantitative estimate of drug-likeness (QED) is 0.570. The minimum absolute atomic E-state index is 0.347. The van der Waals surface area contributed by atoms with Crippen molar-refractivity contribution < 1.29 is 4.74 Å². The van der Waals surface area contributed by atoms with Crippen molar-refractivity contribution in [3.8, 4) is 0 Å². The Hall–Kier alpha value is -0.830. The van der Waals surface area contributed by atoms with Crippen molar-refractivity contribution >= 4 is 0 Å². The predicted molar refractivity (Wildman–Crippen MR) is 36.6 cm³/mol. The molecule has 3 heteroatoms. The number of rotatable bonds is 2. The summed E-state index contributed by atoms with van der Waals surface area (Å²) in [5.74, 6) is 0. The maximum absolute atomic E-state index is 5.10. The third-order valence-electron chi connectivity index (χ3n) is 1.68. The molecule has 0 radical (unpaired) electrons. The zero-order valence-corrected chi connectivity index (χ0v) is 5.95. The molecule has 3 nitrogen and oxygen atoms in total. The van der Waals surface area contributed by atoms with Gasteiger partial charge in [-0.15, -0.1) is 0 Å². The number of aromatic nitrogens is 2. The first kappa shape index (κ1) is 5.92. The molecule has 10 heavy (non-hydrogen) atoms. The van der Waals surface area contributed by atoms with Crippen LogP contribution in [0.3, 0.4) is 0 Å². The predicted octanol–water partition coefficient (Wildman–Crippen LogP) is 0.974. The van der Waals surface area contributed by atoms with Crippen LogP contribution in [0.15, 0.2) is 12.4 Å². The van der Waals surface area contributed by atoms with Crippen molar-refractivity contribution in [1.82, 2.24) is 9.78 Å². The topological polar surface area (TPSA) is 30.4 Å². The summed E-state index contributed by atoms with van der Waals surface area (Å²) >= 11 is 0. The molecule has 0 aromatic carbocycles. The molecule has 1 atom stereocenters. The standard InChI is InChI=1S/C7H10N2O/c1-2-9-4-6(3-8-9)7-5-10-7/h3-4,7H,2,5H2,1H3/t7-/m0/s1. The molecule has 0 unspecified atom stereocenters. The largest absolute Gasteiger partial charge is 0.368 e. The van der Waals surface area contributed by atoms with Gasteiger partial charge in [0.05, 0.1) is 12.8 Å². The lowest BCUT2D eigenvalue weighted by atomic mass is 10.3. The van der Waals surface area contributed by atoms with E-state index in [0.29, 0.717) is 6.10 Å². The number of aryl methyl sites for hydroxylation is 1. The van der Waals surface area contributed by atoms with Crippen LogP contribution in [0.1, 0.15) is 18.6 Å². The van der Waals surface area contributed by atoms with Crippen molar-refractivity contribution in [1.29, 1.82) is 0 Å². The normalized spacial score (nSPS) is 23.1. The molecule has 0 bridgehead atoms. The van der Waals surface area contributed by atoms with Crippen LogP contribution in [0.5, 0.6) is 0 Å². The molecule has 0 N–H and O–H groups in total. The van der Waals surface area contributed by atoms with Crippen LogP contribution in [0.4, 0.5) is 0 Å². The Balaban J connectivity index is 2.19. The molecule has 1 saturated heterocycles. The second-order valence-corrected chi connectivity index (χ2v) is 2.45. The summed E-state index contributed by atoms with van der Waals surface area (Å²) < 4.78 is 7.01. The van der Waals surface area contributed by atoms with E-state index >= 15 is 0 Å². The first-order valence-electron chi connectivity index (χ1n) is 3.54. The highest BCUT2D eigenvalue weighted by Crippen LogP contribution is 2.28. The van der Waals surface area contributed by atoms with Crippen LogP contribution < -0.4 is 0 Å². The molecule has 1 aliphatic rings. The molecule has 1 aromatic rings. The molecule has 54 valence electrons. The molecular weight excluding hydrogens is 128 g/mol. The van der Waals surface area contributed by atoms with Crippen molar-refractivity contribution in [2.75, 3.05) is 6.61 Å². The monoisotopic (exact) mass is 138 g/mol. The number of epoxide rings is 1. The average Bonchev–Trinajstić information content (AvgIpc) is 2.70. The zero-order chi connectivity index (χ0) is 6.97. The third kappa shape index (κ3) is 0.926. The zero-order valence-electron chi connectivity index (χ0n) is 5.95. The van der Waals surface area contributed by atoms with E-state index in [4.69, 9.17) is 4.74 Å². The van der Waals surface area contributed by atoms with Gasteiger partial charge in [0.15, 0.2) is 0 Å². The Morgan fingerprint density at radius 3 is 3.20 bits per heavy atom. The number of hydrogen-bond acceptors (Lipinski definition) is 2. The van der Waals surface area contributed by atoms with Crippen molar-refractivity contribution in [2.45, 2.75) is 19.6 Å². The van der Waals surface area contributed by atoms with Gasteiger partial charge in [-0.25, -0.2) is 0 Å². The molecule has 0 spiro atoms.